The molecular formula is C16H18F2N4O3. The maximum Gasteiger partial charge on any atom is 0.380 e. The normalized spacial score (nSPS) is 17.2. The van der Waals surface area contributed by atoms with E-state index in [1.807, 2.05) is 0 Å². The Morgan fingerprint density at radius 2 is 1.92 bits per heavy atom. The van der Waals surface area contributed by atoms with Crippen LogP contribution in [-0.4, -0.2) is 42.8 Å². The summed E-state index contributed by atoms with van der Waals surface area (Å²) in [6, 6.07) is 8.78. The fourth-order valence-corrected chi connectivity index (χ4v) is 2.93. The number of carbonyl (C=O) groups excluding carboxylic acids is 1. The maximum absolute atomic E-state index is 14.4. The van der Waals surface area contributed by atoms with Crippen molar-refractivity contribution in [3.63, 3.8) is 0 Å². The van der Waals surface area contributed by atoms with Gasteiger partial charge in [-0.25, -0.2) is 4.79 Å². The highest BCUT2D eigenvalue weighted by atomic mass is 19.3. The molecule has 1 N–H and O–H groups in total. The van der Waals surface area contributed by atoms with Crippen molar-refractivity contribution in [3.8, 4) is 5.69 Å². The van der Waals surface area contributed by atoms with Gasteiger partial charge in [0.1, 0.15) is 5.60 Å². The number of alkyl halides is 2. The van der Waals surface area contributed by atoms with Crippen LogP contribution in [0.1, 0.15) is 37.9 Å². The first-order valence-corrected chi connectivity index (χ1v) is 8.04. The van der Waals surface area contributed by atoms with Gasteiger partial charge in [-0.1, -0.05) is 37.5 Å². The summed E-state index contributed by atoms with van der Waals surface area (Å²) in [5, 5.41) is 21.1. The third-order valence-electron chi connectivity index (χ3n) is 4.39. The van der Waals surface area contributed by atoms with Gasteiger partial charge in [0, 0.05) is 0 Å². The predicted octanol–water partition coefficient (Wildman–Crippen LogP) is 2.04. The van der Waals surface area contributed by atoms with E-state index in [0.29, 0.717) is 18.5 Å². The third-order valence-corrected chi connectivity index (χ3v) is 4.39. The van der Waals surface area contributed by atoms with Gasteiger partial charge in [-0.05, 0) is 35.4 Å². The van der Waals surface area contributed by atoms with Gasteiger partial charge in [0.25, 0.3) is 0 Å². The lowest BCUT2D eigenvalue weighted by atomic mass is 9.80. The fourth-order valence-electron chi connectivity index (χ4n) is 2.93. The van der Waals surface area contributed by atoms with Crippen LogP contribution in [-0.2, 0) is 16.1 Å². The molecule has 0 amide bonds. The van der Waals surface area contributed by atoms with E-state index in [2.05, 4.69) is 15.5 Å². The van der Waals surface area contributed by atoms with Crippen LogP contribution in [0.15, 0.2) is 30.3 Å². The molecule has 1 fully saturated rings. The number of esters is 1. The summed E-state index contributed by atoms with van der Waals surface area (Å²) in [5.41, 5.74) is -1.75. The number of rotatable bonds is 5. The Balaban J connectivity index is 1.70. The minimum absolute atomic E-state index is 0.103. The molecule has 1 aliphatic carbocycles. The van der Waals surface area contributed by atoms with Gasteiger partial charge in [0.05, 0.1) is 5.69 Å². The molecule has 0 unspecified atom stereocenters. The van der Waals surface area contributed by atoms with Crippen molar-refractivity contribution < 1.29 is 23.4 Å². The molecule has 1 aromatic heterocycles. The lowest BCUT2D eigenvalue weighted by Crippen LogP contribution is -2.54. The van der Waals surface area contributed by atoms with Crippen LogP contribution >= 0.6 is 0 Å². The summed E-state index contributed by atoms with van der Waals surface area (Å²) in [7, 11) is 0. The van der Waals surface area contributed by atoms with Gasteiger partial charge < -0.3 is 9.84 Å². The number of tetrazole rings is 1. The van der Waals surface area contributed by atoms with Crippen molar-refractivity contribution in [3.05, 3.63) is 36.2 Å². The monoisotopic (exact) mass is 352 g/mol. The zero-order valence-corrected chi connectivity index (χ0v) is 13.4. The van der Waals surface area contributed by atoms with Crippen LogP contribution in [0, 0.1) is 0 Å². The molecule has 1 aromatic carbocycles. The van der Waals surface area contributed by atoms with Crippen LogP contribution in [0.5, 0.6) is 0 Å². The van der Waals surface area contributed by atoms with Crippen molar-refractivity contribution in [2.24, 2.45) is 0 Å². The van der Waals surface area contributed by atoms with E-state index in [1.165, 1.54) is 4.68 Å². The quantitative estimate of drug-likeness (QED) is 0.828. The minimum atomic E-state index is -3.97. The molecule has 7 nitrogen and oxygen atoms in total. The summed E-state index contributed by atoms with van der Waals surface area (Å²) in [5.74, 6) is -5.64. The summed E-state index contributed by atoms with van der Waals surface area (Å²) in [4.78, 5) is 11.9. The zero-order valence-electron chi connectivity index (χ0n) is 13.4. The molecule has 0 saturated heterocycles. The number of para-hydroxylation sites is 1. The molecule has 0 aliphatic heterocycles. The lowest BCUT2D eigenvalue weighted by molar-refractivity contribution is -0.221. The Bertz CT molecular complexity index is 730. The summed E-state index contributed by atoms with van der Waals surface area (Å²) in [6.07, 6.45) is 1.41. The summed E-state index contributed by atoms with van der Waals surface area (Å²) < 4.78 is 34.7. The number of carbonyl (C=O) groups is 1. The average molecular weight is 352 g/mol. The average Bonchev–Trinajstić information content (AvgIpc) is 3.09. The third kappa shape index (κ3) is 3.37. The van der Waals surface area contributed by atoms with Gasteiger partial charge in [-0.3, -0.25) is 0 Å². The van der Waals surface area contributed by atoms with Crippen molar-refractivity contribution >= 4 is 5.97 Å². The summed E-state index contributed by atoms with van der Waals surface area (Å²) >= 11 is 0. The van der Waals surface area contributed by atoms with Gasteiger partial charge >= 0.3 is 11.9 Å². The Hall–Kier alpha value is -2.42. The molecule has 0 bridgehead atoms. The van der Waals surface area contributed by atoms with Crippen LogP contribution in [0.4, 0.5) is 8.78 Å². The number of hydrogen-bond acceptors (Lipinski definition) is 6. The summed E-state index contributed by atoms with van der Waals surface area (Å²) in [6.45, 7) is -0.521. The SMILES string of the molecule is O=C(OCc1nnnn1-c1ccccc1)C(F)(F)C1(O)CCCCC1. The van der Waals surface area contributed by atoms with E-state index in [-0.39, 0.29) is 18.7 Å². The Labute approximate surface area is 142 Å². The molecule has 1 aliphatic rings. The van der Waals surface area contributed by atoms with Crippen molar-refractivity contribution in [2.45, 2.75) is 50.2 Å². The van der Waals surface area contributed by atoms with Gasteiger partial charge in [-0.2, -0.15) is 13.5 Å². The lowest BCUT2D eigenvalue weighted by Gasteiger charge is -2.36. The molecule has 2 aromatic rings. The first-order chi connectivity index (χ1) is 11.9. The highest BCUT2D eigenvalue weighted by Crippen LogP contribution is 2.41. The Morgan fingerprint density at radius 3 is 2.60 bits per heavy atom. The first kappa shape index (κ1) is 17.4. The molecule has 1 heterocycles. The highest BCUT2D eigenvalue weighted by molar-refractivity contribution is 5.79. The van der Waals surface area contributed by atoms with Crippen LogP contribution < -0.4 is 0 Å². The molecule has 9 heteroatoms. The molecule has 1 saturated carbocycles. The van der Waals surface area contributed by atoms with Crippen LogP contribution in [0.25, 0.3) is 5.69 Å². The van der Waals surface area contributed by atoms with E-state index in [0.717, 1.165) is 6.42 Å². The van der Waals surface area contributed by atoms with Crippen molar-refractivity contribution in [2.75, 3.05) is 0 Å². The van der Waals surface area contributed by atoms with E-state index in [9.17, 15) is 18.7 Å². The van der Waals surface area contributed by atoms with Gasteiger partial charge in [-0.15, -0.1) is 5.10 Å². The van der Waals surface area contributed by atoms with Crippen LogP contribution in [0.2, 0.25) is 0 Å². The number of benzene rings is 1. The first-order valence-electron chi connectivity index (χ1n) is 8.04. The topological polar surface area (TPSA) is 90.1 Å². The molecule has 0 atom stereocenters. The molecular weight excluding hydrogens is 334 g/mol. The van der Waals surface area contributed by atoms with E-state index < -0.39 is 24.1 Å². The predicted molar refractivity (Wildman–Crippen MR) is 81.9 cm³/mol. The molecule has 134 valence electrons. The number of aromatic nitrogens is 4. The number of hydrogen-bond donors (Lipinski definition) is 1. The molecule has 3 rings (SSSR count). The second kappa shape index (κ2) is 6.83. The largest absolute Gasteiger partial charge is 0.453 e. The van der Waals surface area contributed by atoms with E-state index in [1.54, 1.807) is 30.3 Å². The minimum Gasteiger partial charge on any atom is -0.453 e. The van der Waals surface area contributed by atoms with Gasteiger partial charge in [0.2, 0.25) is 0 Å². The molecule has 25 heavy (non-hydrogen) atoms. The zero-order chi connectivity index (χ0) is 17.9. The maximum atomic E-state index is 14.4. The van der Waals surface area contributed by atoms with Crippen LogP contribution in [0.3, 0.4) is 0 Å². The highest BCUT2D eigenvalue weighted by Gasteiger charge is 2.59. The number of ether oxygens (including phenoxy) is 1. The van der Waals surface area contributed by atoms with Crippen molar-refractivity contribution in [1.82, 2.24) is 20.2 Å². The fraction of sp³-hybridized carbons (Fsp3) is 0.500. The van der Waals surface area contributed by atoms with E-state index >= 15 is 0 Å². The molecule has 0 spiro atoms. The number of halogens is 2. The number of aliphatic hydroxyl groups is 1. The van der Waals surface area contributed by atoms with E-state index in [4.69, 9.17) is 4.74 Å². The smallest absolute Gasteiger partial charge is 0.380 e. The van der Waals surface area contributed by atoms with Crippen molar-refractivity contribution in [1.29, 1.82) is 0 Å². The second-order valence-corrected chi connectivity index (χ2v) is 6.09. The number of nitrogens with zero attached hydrogens (tertiary/aromatic N) is 4. The molecule has 0 radical (unpaired) electrons. The Morgan fingerprint density at radius 1 is 1.24 bits per heavy atom. The van der Waals surface area contributed by atoms with Gasteiger partial charge in [0.15, 0.2) is 12.4 Å². The standard InChI is InChI=1S/C16H18F2N4O3/c17-16(18,15(24)9-5-2-6-10-15)14(23)25-11-13-19-20-21-22(13)12-7-3-1-4-8-12/h1,3-4,7-8,24H,2,5-6,9-11H2. The Kier molecular flexibility index (Phi) is 4.76. The second-order valence-electron chi connectivity index (χ2n) is 6.09.